The fourth-order valence-electron chi connectivity index (χ4n) is 2.54. The number of rotatable bonds is 7. The van der Waals surface area contributed by atoms with Crippen molar-refractivity contribution in [2.75, 3.05) is 11.9 Å². The molecule has 3 aromatic carbocycles. The summed E-state index contributed by atoms with van der Waals surface area (Å²) in [5.41, 5.74) is 3.16. The summed E-state index contributed by atoms with van der Waals surface area (Å²) in [5.74, 6) is 0.879. The van der Waals surface area contributed by atoms with Gasteiger partial charge in [0.2, 0.25) is 0 Å². The van der Waals surface area contributed by atoms with Crippen molar-refractivity contribution in [1.29, 1.82) is 0 Å². The van der Waals surface area contributed by atoms with E-state index in [1.807, 2.05) is 48.5 Å². The van der Waals surface area contributed by atoms with Gasteiger partial charge < -0.3 is 10.1 Å². The van der Waals surface area contributed by atoms with Crippen LogP contribution in [0.25, 0.3) is 0 Å². The molecule has 4 heteroatoms. The second kappa shape index (κ2) is 8.80. The van der Waals surface area contributed by atoms with Crippen molar-refractivity contribution in [3.8, 4) is 5.75 Å². The monoisotopic (exact) mass is 371 g/mol. The highest BCUT2D eigenvalue weighted by molar-refractivity contribution is 6.35. The molecule has 1 N–H and O–H groups in total. The van der Waals surface area contributed by atoms with Gasteiger partial charge in [-0.25, -0.2) is 0 Å². The highest BCUT2D eigenvalue weighted by Gasteiger charge is 2.06. The topological polar surface area (TPSA) is 21.3 Å². The molecule has 0 unspecified atom stereocenters. The third kappa shape index (κ3) is 5.15. The van der Waals surface area contributed by atoms with E-state index < -0.39 is 0 Å². The van der Waals surface area contributed by atoms with Gasteiger partial charge in [0.15, 0.2) is 0 Å². The van der Waals surface area contributed by atoms with Crippen molar-refractivity contribution < 1.29 is 4.74 Å². The number of anilines is 1. The average Bonchev–Trinajstić information content (AvgIpc) is 2.64. The molecule has 0 aromatic heterocycles. The van der Waals surface area contributed by atoms with Crippen molar-refractivity contribution >= 4 is 28.9 Å². The first-order valence-corrected chi connectivity index (χ1v) is 8.91. The van der Waals surface area contributed by atoms with Crippen LogP contribution in [-0.4, -0.2) is 6.61 Å². The van der Waals surface area contributed by atoms with Crippen LogP contribution >= 0.6 is 23.2 Å². The number of nitrogens with one attached hydrogen (secondary N) is 1. The van der Waals surface area contributed by atoms with Crippen LogP contribution in [0.1, 0.15) is 11.1 Å². The SMILES string of the molecule is Clc1ccc(Cl)c(NCc2ccccc2OCCc2ccccc2)c1. The number of para-hydroxylation sites is 1. The van der Waals surface area contributed by atoms with Gasteiger partial charge in [-0.3, -0.25) is 0 Å². The Morgan fingerprint density at radius 1 is 0.840 bits per heavy atom. The molecule has 3 rings (SSSR count). The van der Waals surface area contributed by atoms with E-state index in [2.05, 4.69) is 17.4 Å². The number of hydrogen-bond donors (Lipinski definition) is 1. The molecule has 0 heterocycles. The maximum atomic E-state index is 6.20. The number of halogens is 2. The minimum atomic E-state index is 0.613. The molecule has 0 amide bonds. The lowest BCUT2D eigenvalue weighted by Crippen LogP contribution is -2.06. The third-order valence-corrected chi connectivity index (χ3v) is 4.43. The minimum Gasteiger partial charge on any atom is -0.493 e. The van der Waals surface area contributed by atoms with E-state index in [0.717, 1.165) is 23.4 Å². The van der Waals surface area contributed by atoms with E-state index in [1.54, 1.807) is 12.1 Å². The molecule has 0 fully saturated rings. The fraction of sp³-hybridized carbons (Fsp3) is 0.143. The van der Waals surface area contributed by atoms with Crippen molar-refractivity contribution in [2.45, 2.75) is 13.0 Å². The molecule has 0 saturated heterocycles. The van der Waals surface area contributed by atoms with E-state index in [0.29, 0.717) is 23.2 Å². The van der Waals surface area contributed by atoms with Crippen LogP contribution in [0.4, 0.5) is 5.69 Å². The Morgan fingerprint density at radius 2 is 1.60 bits per heavy atom. The lowest BCUT2D eigenvalue weighted by atomic mass is 10.1. The molecule has 3 aromatic rings. The largest absolute Gasteiger partial charge is 0.493 e. The normalized spacial score (nSPS) is 10.5. The zero-order valence-corrected chi connectivity index (χ0v) is 15.2. The molecule has 2 nitrogen and oxygen atoms in total. The van der Waals surface area contributed by atoms with Gasteiger partial charge in [-0.1, -0.05) is 71.7 Å². The van der Waals surface area contributed by atoms with Gasteiger partial charge in [-0.15, -0.1) is 0 Å². The summed E-state index contributed by atoms with van der Waals surface area (Å²) in [6, 6.07) is 23.7. The van der Waals surface area contributed by atoms with E-state index in [9.17, 15) is 0 Å². The summed E-state index contributed by atoms with van der Waals surface area (Å²) in [4.78, 5) is 0. The predicted octanol–water partition coefficient (Wildman–Crippen LogP) is 6.23. The van der Waals surface area contributed by atoms with Gasteiger partial charge in [0, 0.05) is 23.6 Å². The Labute approximate surface area is 158 Å². The molecule has 0 atom stereocenters. The molecule has 25 heavy (non-hydrogen) atoms. The summed E-state index contributed by atoms with van der Waals surface area (Å²) < 4.78 is 5.98. The van der Waals surface area contributed by atoms with Crippen LogP contribution < -0.4 is 10.1 Å². The van der Waals surface area contributed by atoms with Crippen LogP contribution in [0, 0.1) is 0 Å². The zero-order valence-electron chi connectivity index (χ0n) is 13.7. The molecule has 0 saturated carbocycles. The number of hydrogen-bond acceptors (Lipinski definition) is 2. The van der Waals surface area contributed by atoms with Crippen LogP contribution in [-0.2, 0) is 13.0 Å². The molecular weight excluding hydrogens is 353 g/mol. The van der Waals surface area contributed by atoms with E-state index in [4.69, 9.17) is 27.9 Å². The zero-order chi connectivity index (χ0) is 17.5. The molecule has 0 aliphatic rings. The summed E-state index contributed by atoms with van der Waals surface area (Å²) in [6.45, 7) is 1.25. The Hall–Kier alpha value is -2.16. The maximum Gasteiger partial charge on any atom is 0.124 e. The Bertz CT molecular complexity index is 821. The molecule has 128 valence electrons. The molecule has 0 aliphatic carbocycles. The Kier molecular flexibility index (Phi) is 6.21. The summed E-state index contributed by atoms with van der Waals surface area (Å²) in [6.07, 6.45) is 0.878. The third-order valence-electron chi connectivity index (χ3n) is 3.86. The van der Waals surface area contributed by atoms with Crippen LogP contribution in [0.15, 0.2) is 72.8 Å². The first-order valence-electron chi connectivity index (χ1n) is 8.16. The van der Waals surface area contributed by atoms with Crippen molar-refractivity contribution in [3.05, 3.63) is 94.0 Å². The fourth-order valence-corrected chi connectivity index (χ4v) is 2.89. The molecule has 0 spiro atoms. The molecule has 0 bridgehead atoms. The summed E-state index contributed by atoms with van der Waals surface area (Å²) >= 11 is 12.2. The Morgan fingerprint density at radius 3 is 2.44 bits per heavy atom. The smallest absolute Gasteiger partial charge is 0.124 e. The average molecular weight is 372 g/mol. The first-order chi connectivity index (χ1) is 12.2. The van der Waals surface area contributed by atoms with Gasteiger partial charge in [0.05, 0.1) is 17.3 Å². The van der Waals surface area contributed by atoms with Crippen LogP contribution in [0.5, 0.6) is 5.75 Å². The Balaban J connectivity index is 1.61. The highest BCUT2D eigenvalue weighted by atomic mass is 35.5. The van der Waals surface area contributed by atoms with Crippen LogP contribution in [0.2, 0.25) is 10.0 Å². The maximum absolute atomic E-state index is 6.20. The summed E-state index contributed by atoms with van der Waals surface area (Å²) in [7, 11) is 0. The van der Waals surface area contributed by atoms with Gasteiger partial charge >= 0.3 is 0 Å². The van der Waals surface area contributed by atoms with Gasteiger partial charge in [-0.05, 0) is 29.8 Å². The van der Waals surface area contributed by atoms with Crippen LogP contribution in [0.3, 0.4) is 0 Å². The first kappa shape index (κ1) is 17.7. The molecular formula is C21H19Cl2NO. The van der Waals surface area contributed by atoms with Gasteiger partial charge in [-0.2, -0.15) is 0 Å². The molecule has 0 radical (unpaired) electrons. The van der Waals surface area contributed by atoms with Gasteiger partial charge in [0.1, 0.15) is 5.75 Å². The lowest BCUT2D eigenvalue weighted by Gasteiger charge is -2.14. The predicted molar refractivity (Wildman–Crippen MR) is 106 cm³/mol. The van der Waals surface area contributed by atoms with E-state index >= 15 is 0 Å². The van der Waals surface area contributed by atoms with E-state index in [1.165, 1.54) is 5.56 Å². The van der Waals surface area contributed by atoms with Crippen molar-refractivity contribution in [3.63, 3.8) is 0 Å². The molecule has 0 aliphatic heterocycles. The lowest BCUT2D eigenvalue weighted by molar-refractivity contribution is 0.319. The van der Waals surface area contributed by atoms with Crippen molar-refractivity contribution in [1.82, 2.24) is 0 Å². The van der Waals surface area contributed by atoms with Crippen molar-refractivity contribution in [2.24, 2.45) is 0 Å². The quantitative estimate of drug-likeness (QED) is 0.531. The highest BCUT2D eigenvalue weighted by Crippen LogP contribution is 2.27. The standard InChI is InChI=1S/C21H19Cl2NO/c22-18-10-11-19(23)20(14-18)24-15-17-8-4-5-9-21(17)25-13-12-16-6-2-1-3-7-16/h1-11,14,24H,12-13,15H2. The second-order valence-corrected chi connectivity index (χ2v) is 6.51. The summed E-state index contributed by atoms with van der Waals surface area (Å²) in [5, 5.41) is 4.62. The minimum absolute atomic E-state index is 0.613. The number of ether oxygens (including phenoxy) is 1. The number of benzene rings is 3. The second-order valence-electron chi connectivity index (χ2n) is 5.67. The van der Waals surface area contributed by atoms with E-state index in [-0.39, 0.29) is 0 Å². The van der Waals surface area contributed by atoms with Gasteiger partial charge in [0.25, 0.3) is 0 Å².